The molecule has 4 nitrogen and oxygen atoms in total. The molecule has 0 N–H and O–H groups in total. The van der Waals surface area contributed by atoms with Gasteiger partial charge in [-0.05, 0) is 6.07 Å². The third-order valence-corrected chi connectivity index (χ3v) is 2.15. The van der Waals surface area contributed by atoms with Gasteiger partial charge in [-0.2, -0.15) is 0 Å². The van der Waals surface area contributed by atoms with Crippen molar-refractivity contribution in [2.24, 2.45) is 0 Å². The molecule has 0 aromatic carbocycles. The first-order valence-corrected chi connectivity index (χ1v) is 4.77. The van der Waals surface area contributed by atoms with Gasteiger partial charge < -0.3 is 4.74 Å². The molecule has 0 atom stereocenters. The first-order valence-electron chi connectivity index (χ1n) is 4.40. The van der Waals surface area contributed by atoms with Gasteiger partial charge in [0.1, 0.15) is 11.0 Å². The van der Waals surface area contributed by atoms with Crippen LogP contribution in [0.15, 0.2) is 24.4 Å². The van der Waals surface area contributed by atoms with E-state index in [2.05, 4.69) is 15.2 Å². The van der Waals surface area contributed by atoms with Crippen LogP contribution >= 0.6 is 11.6 Å². The second-order valence-corrected chi connectivity index (χ2v) is 3.34. The Morgan fingerprint density at radius 3 is 2.69 bits per heavy atom. The van der Waals surface area contributed by atoms with Gasteiger partial charge in [0, 0.05) is 18.3 Å². The Bertz CT molecular complexity index is 504. The maximum absolute atomic E-state index is 13.5. The van der Waals surface area contributed by atoms with Crippen LogP contribution in [0.4, 0.5) is 4.39 Å². The molecule has 0 saturated heterocycles. The highest BCUT2D eigenvalue weighted by atomic mass is 35.5. The van der Waals surface area contributed by atoms with Gasteiger partial charge in [0.25, 0.3) is 0 Å². The van der Waals surface area contributed by atoms with Crippen molar-refractivity contribution in [3.05, 3.63) is 35.4 Å². The van der Waals surface area contributed by atoms with Crippen LogP contribution in [-0.4, -0.2) is 22.3 Å². The maximum atomic E-state index is 13.5. The number of hydrogen-bond donors (Lipinski definition) is 0. The Labute approximate surface area is 96.1 Å². The third kappa shape index (κ3) is 2.09. The second kappa shape index (κ2) is 4.40. The SMILES string of the molecule is COc1ccc(-c2cnc(Cl)cc2F)nn1. The Kier molecular flexibility index (Phi) is 2.96. The molecular formula is C10H7ClFN3O. The molecule has 82 valence electrons. The third-order valence-electron chi connectivity index (χ3n) is 1.95. The summed E-state index contributed by atoms with van der Waals surface area (Å²) in [5.41, 5.74) is 0.627. The van der Waals surface area contributed by atoms with E-state index in [0.717, 1.165) is 6.07 Å². The maximum Gasteiger partial charge on any atom is 0.233 e. The highest BCUT2D eigenvalue weighted by molar-refractivity contribution is 6.29. The van der Waals surface area contributed by atoms with Crippen LogP contribution in [0.3, 0.4) is 0 Å². The summed E-state index contributed by atoms with van der Waals surface area (Å²) in [6, 6.07) is 4.32. The highest BCUT2D eigenvalue weighted by Crippen LogP contribution is 2.22. The van der Waals surface area contributed by atoms with Crippen LogP contribution in [-0.2, 0) is 0 Å². The lowest BCUT2D eigenvalue weighted by molar-refractivity contribution is 0.392. The van der Waals surface area contributed by atoms with Gasteiger partial charge in [-0.15, -0.1) is 10.2 Å². The molecule has 0 unspecified atom stereocenters. The normalized spacial score (nSPS) is 10.2. The van der Waals surface area contributed by atoms with Crippen LogP contribution in [0, 0.1) is 5.82 Å². The fourth-order valence-electron chi connectivity index (χ4n) is 1.17. The van der Waals surface area contributed by atoms with E-state index in [4.69, 9.17) is 16.3 Å². The van der Waals surface area contributed by atoms with Crippen LogP contribution in [0.2, 0.25) is 5.15 Å². The summed E-state index contributed by atoms with van der Waals surface area (Å²) in [6.45, 7) is 0. The summed E-state index contributed by atoms with van der Waals surface area (Å²) >= 11 is 5.54. The molecule has 6 heteroatoms. The van der Waals surface area contributed by atoms with Crippen LogP contribution < -0.4 is 4.74 Å². The number of halogens is 2. The predicted molar refractivity (Wildman–Crippen MR) is 56.8 cm³/mol. The molecule has 0 spiro atoms. The zero-order valence-corrected chi connectivity index (χ0v) is 9.07. The Morgan fingerprint density at radius 2 is 2.12 bits per heavy atom. The number of nitrogens with zero attached hydrogens (tertiary/aromatic N) is 3. The lowest BCUT2D eigenvalue weighted by atomic mass is 10.2. The summed E-state index contributed by atoms with van der Waals surface area (Å²) in [7, 11) is 1.48. The molecule has 2 aromatic heterocycles. The van der Waals surface area contributed by atoms with Crippen LogP contribution in [0.5, 0.6) is 5.88 Å². The molecule has 0 aliphatic heterocycles. The second-order valence-electron chi connectivity index (χ2n) is 2.95. The summed E-state index contributed by atoms with van der Waals surface area (Å²) < 4.78 is 18.3. The molecular weight excluding hydrogens is 233 g/mol. The largest absolute Gasteiger partial charge is 0.480 e. The zero-order valence-electron chi connectivity index (χ0n) is 8.32. The zero-order chi connectivity index (χ0) is 11.5. The van der Waals surface area contributed by atoms with Crippen LogP contribution in [0.1, 0.15) is 0 Å². The van der Waals surface area contributed by atoms with Crippen molar-refractivity contribution < 1.29 is 9.13 Å². The minimum Gasteiger partial charge on any atom is -0.480 e. The summed E-state index contributed by atoms with van der Waals surface area (Å²) in [4.78, 5) is 3.79. The van der Waals surface area contributed by atoms with Gasteiger partial charge in [-0.3, -0.25) is 0 Å². The molecule has 2 heterocycles. The molecule has 0 radical (unpaired) electrons. The van der Waals surface area contributed by atoms with E-state index < -0.39 is 5.82 Å². The highest BCUT2D eigenvalue weighted by Gasteiger charge is 2.08. The first kappa shape index (κ1) is 10.8. The summed E-state index contributed by atoms with van der Waals surface area (Å²) in [5, 5.41) is 7.65. The predicted octanol–water partition coefficient (Wildman–Crippen LogP) is 2.34. The molecule has 0 saturated carbocycles. The van der Waals surface area contributed by atoms with Gasteiger partial charge in [0.15, 0.2) is 0 Å². The number of ether oxygens (including phenoxy) is 1. The lowest BCUT2D eigenvalue weighted by Gasteiger charge is -2.02. The quantitative estimate of drug-likeness (QED) is 0.755. The summed E-state index contributed by atoms with van der Waals surface area (Å²) in [5.74, 6) is -0.120. The molecule has 2 rings (SSSR count). The standard InChI is InChI=1S/C10H7ClFN3O/c1-16-10-3-2-8(14-15-10)6-5-13-9(11)4-7(6)12/h2-5H,1H3. The first-order chi connectivity index (χ1) is 7.70. The lowest BCUT2D eigenvalue weighted by Crippen LogP contribution is -1.94. The van der Waals surface area contributed by atoms with Crippen LogP contribution in [0.25, 0.3) is 11.3 Å². The van der Waals surface area contributed by atoms with Crippen molar-refractivity contribution in [1.29, 1.82) is 0 Å². The minimum absolute atomic E-state index is 0.0997. The average molecular weight is 240 g/mol. The average Bonchev–Trinajstić information content (AvgIpc) is 2.29. The van der Waals surface area contributed by atoms with Gasteiger partial charge in [0.2, 0.25) is 5.88 Å². The van der Waals surface area contributed by atoms with E-state index in [1.165, 1.54) is 13.3 Å². The van der Waals surface area contributed by atoms with Gasteiger partial charge >= 0.3 is 0 Å². The fraction of sp³-hybridized carbons (Fsp3) is 0.100. The van der Waals surface area contributed by atoms with E-state index in [-0.39, 0.29) is 10.7 Å². The van der Waals surface area contributed by atoms with E-state index in [0.29, 0.717) is 11.6 Å². The van der Waals surface area contributed by atoms with E-state index in [1.807, 2.05) is 0 Å². The molecule has 0 aliphatic carbocycles. The van der Waals surface area contributed by atoms with Crippen molar-refractivity contribution in [3.63, 3.8) is 0 Å². The van der Waals surface area contributed by atoms with E-state index >= 15 is 0 Å². The molecule has 0 fully saturated rings. The van der Waals surface area contributed by atoms with Gasteiger partial charge in [0.05, 0.1) is 18.4 Å². The monoisotopic (exact) mass is 239 g/mol. The minimum atomic E-state index is -0.487. The Balaban J connectivity index is 2.42. The Morgan fingerprint density at radius 1 is 1.31 bits per heavy atom. The molecule has 0 bridgehead atoms. The van der Waals surface area contributed by atoms with E-state index in [1.54, 1.807) is 12.1 Å². The number of aromatic nitrogens is 3. The molecule has 0 aliphatic rings. The number of rotatable bonds is 2. The number of methoxy groups -OCH3 is 1. The van der Waals surface area contributed by atoms with Gasteiger partial charge in [-0.25, -0.2) is 9.37 Å². The number of hydrogen-bond acceptors (Lipinski definition) is 4. The molecule has 16 heavy (non-hydrogen) atoms. The van der Waals surface area contributed by atoms with Gasteiger partial charge in [-0.1, -0.05) is 11.6 Å². The van der Waals surface area contributed by atoms with Crippen molar-refractivity contribution in [2.75, 3.05) is 7.11 Å². The Hall–Kier alpha value is -1.75. The fourth-order valence-corrected chi connectivity index (χ4v) is 1.31. The van der Waals surface area contributed by atoms with E-state index in [9.17, 15) is 4.39 Å². The van der Waals surface area contributed by atoms with Crippen molar-refractivity contribution in [1.82, 2.24) is 15.2 Å². The molecule has 0 amide bonds. The topological polar surface area (TPSA) is 47.9 Å². The van der Waals surface area contributed by atoms with Crippen molar-refractivity contribution >= 4 is 11.6 Å². The number of pyridine rings is 1. The van der Waals surface area contributed by atoms with Crippen molar-refractivity contribution in [3.8, 4) is 17.1 Å². The van der Waals surface area contributed by atoms with Crippen molar-refractivity contribution in [2.45, 2.75) is 0 Å². The smallest absolute Gasteiger partial charge is 0.233 e. The molecule has 2 aromatic rings. The summed E-state index contributed by atoms with van der Waals surface area (Å²) in [6.07, 6.45) is 1.31.